The standard InChI is InChI=1S/C8H6NO/c10-6-2-4-8-3-1-5-9-7-8/h1-5,7H/q+1/b4-2+. The van der Waals surface area contributed by atoms with E-state index in [0.717, 1.165) is 5.56 Å². The van der Waals surface area contributed by atoms with Crippen LogP contribution in [0.3, 0.4) is 0 Å². The highest BCUT2D eigenvalue weighted by Gasteiger charge is 1.88. The summed E-state index contributed by atoms with van der Waals surface area (Å²) in [5.74, 6) is 0. The lowest BCUT2D eigenvalue weighted by atomic mass is 10.3. The Balaban J connectivity index is 2.76. The largest absolute Gasteiger partial charge is 0.356 e. The summed E-state index contributed by atoms with van der Waals surface area (Å²) in [7, 11) is 0. The summed E-state index contributed by atoms with van der Waals surface area (Å²) in [6.45, 7) is 0. The molecule has 0 saturated heterocycles. The summed E-state index contributed by atoms with van der Waals surface area (Å²) >= 11 is 0. The second-order valence-electron chi connectivity index (χ2n) is 1.74. The number of hydrogen-bond donors (Lipinski definition) is 0. The van der Waals surface area contributed by atoms with Crippen molar-refractivity contribution in [2.75, 3.05) is 0 Å². The molecule has 10 heavy (non-hydrogen) atoms. The van der Waals surface area contributed by atoms with Crippen LogP contribution in [0.4, 0.5) is 0 Å². The molecule has 0 aliphatic heterocycles. The van der Waals surface area contributed by atoms with E-state index in [4.69, 9.17) is 0 Å². The molecule has 0 unspecified atom stereocenters. The van der Waals surface area contributed by atoms with Crippen molar-refractivity contribution in [2.45, 2.75) is 0 Å². The highest BCUT2D eigenvalue weighted by Crippen LogP contribution is 1.96. The lowest BCUT2D eigenvalue weighted by Gasteiger charge is -1.80. The Bertz CT molecular complexity index is 228. The van der Waals surface area contributed by atoms with Crippen LogP contribution in [0.25, 0.3) is 6.08 Å². The second kappa shape index (κ2) is 3.49. The zero-order valence-electron chi connectivity index (χ0n) is 5.32. The minimum Gasteiger partial charge on any atom is -0.262 e. The first-order valence-corrected chi connectivity index (χ1v) is 2.88. The predicted molar refractivity (Wildman–Crippen MR) is 39.0 cm³/mol. The third-order valence-electron chi connectivity index (χ3n) is 1.03. The summed E-state index contributed by atoms with van der Waals surface area (Å²) in [5.41, 5.74) is 0.908. The van der Waals surface area contributed by atoms with Gasteiger partial charge in [0.25, 0.3) is 0 Å². The van der Waals surface area contributed by atoms with Gasteiger partial charge in [0.05, 0.1) is 17.8 Å². The Morgan fingerprint density at radius 3 is 3.10 bits per heavy atom. The highest BCUT2D eigenvalue weighted by atomic mass is 16.1. The summed E-state index contributed by atoms with van der Waals surface area (Å²) in [4.78, 5) is 13.6. The fourth-order valence-electron chi connectivity index (χ4n) is 0.605. The van der Waals surface area contributed by atoms with E-state index >= 15 is 0 Å². The third-order valence-corrected chi connectivity index (χ3v) is 1.03. The molecule has 1 aromatic heterocycles. The van der Waals surface area contributed by atoms with Crippen LogP contribution < -0.4 is 0 Å². The Labute approximate surface area is 59.2 Å². The molecule has 0 spiro atoms. The van der Waals surface area contributed by atoms with Gasteiger partial charge in [0.1, 0.15) is 0 Å². The van der Waals surface area contributed by atoms with E-state index < -0.39 is 0 Å². The summed E-state index contributed by atoms with van der Waals surface area (Å²) in [5, 5.41) is 0. The number of pyridine rings is 1. The van der Waals surface area contributed by atoms with Crippen molar-refractivity contribution < 1.29 is 4.79 Å². The van der Waals surface area contributed by atoms with Crippen molar-refractivity contribution in [1.29, 1.82) is 0 Å². The molecule has 0 fully saturated rings. The zero-order chi connectivity index (χ0) is 7.23. The van der Waals surface area contributed by atoms with Crippen LogP contribution >= 0.6 is 0 Å². The Morgan fingerprint density at radius 1 is 1.60 bits per heavy atom. The van der Waals surface area contributed by atoms with Crippen molar-refractivity contribution in [2.24, 2.45) is 0 Å². The normalized spacial score (nSPS) is 9.60. The first-order valence-electron chi connectivity index (χ1n) is 2.88. The van der Waals surface area contributed by atoms with Crippen LogP contribution in [-0.4, -0.2) is 11.3 Å². The van der Waals surface area contributed by atoms with Gasteiger partial charge >= 0.3 is 6.29 Å². The first kappa shape index (κ1) is 6.59. The zero-order valence-corrected chi connectivity index (χ0v) is 5.32. The lowest BCUT2D eigenvalue weighted by Crippen LogP contribution is -1.72. The van der Waals surface area contributed by atoms with E-state index in [0.29, 0.717) is 0 Å². The van der Waals surface area contributed by atoms with Crippen LogP contribution in [0, 0.1) is 0 Å². The van der Waals surface area contributed by atoms with Gasteiger partial charge in [0.2, 0.25) is 6.08 Å². The van der Waals surface area contributed by atoms with Gasteiger partial charge in [-0.25, -0.2) is 0 Å². The quantitative estimate of drug-likeness (QED) is 0.447. The Hall–Kier alpha value is -1.53. The van der Waals surface area contributed by atoms with Gasteiger partial charge in [0.15, 0.2) is 0 Å². The Kier molecular flexibility index (Phi) is 2.30. The molecule has 1 rings (SSSR count). The highest BCUT2D eigenvalue weighted by molar-refractivity contribution is 5.74. The number of carbonyl (C=O) groups excluding carboxylic acids is 1. The van der Waals surface area contributed by atoms with Gasteiger partial charge in [-0.1, -0.05) is 4.79 Å². The molecule has 0 aliphatic rings. The van der Waals surface area contributed by atoms with Gasteiger partial charge in [-0.05, 0) is 12.1 Å². The second-order valence-corrected chi connectivity index (χ2v) is 1.74. The molecule has 0 saturated carbocycles. The fourth-order valence-corrected chi connectivity index (χ4v) is 0.605. The molecule has 48 valence electrons. The van der Waals surface area contributed by atoms with E-state index in [1.807, 2.05) is 12.1 Å². The molecule has 2 heteroatoms. The maximum Gasteiger partial charge on any atom is 0.356 e. The molecule has 0 aliphatic carbocycles. The molecule has 0 radical (unpaired) electrons. The number of nitrogens with zero attached hydrogens (tertiary/aromatic N) is 1. The molecule has 0 bridgehead atoms. The summed E-state index contributed by atoms with van der Waals surface area (Å²) < 4.78 is 0. The molecule has 1 aromatic rings. The van der Waals surface area contributed by atoms with Gasteiger partial charge in [-0.15, -0.1) is 0 Å². The number of hydrogen-bond acceptors (Lipinski definition) is 2. The van der Waals surface area contributed by atoms with Crippen molar-refractivity contribution in [3.8, 4) is 0 Å². The molecular formula is C8H6NO+. The molecule has 0 aromatic carbocycles. The molecule has 2 nitrogen and oxygen atoms in total. The molecule has 0 amide bonds. The molecule has 0 N–H and O–H groups in total. The fraction of sp³-hybridized carbons (Fsp3) is 0. The smallest absolute Gasteiger partial charge is 0.262 e. The lowest BCUT2D eigenvalue weighted by molar-refractivity contribution is 0.564. The molecular weight excluding hydrogens is 126 g/mol. The first-order chi connectivity index (χ1) is 4.93. The van der Waals surface area contributed by atoms with Gasteiger partial charge < -0.3 is 0 Å². The van der Waals surface area contributed by atoms with Crippen LogP contribution in [0.2, 0.25) is 0 Å². The maximum absolute atomic E-state index is 9.75. The summed E-state index contributed by atoms with van der Waals surface area (Å²) in [6, 6.07) is 3.67. The van der Waals surface area contributed by atoms with Crippen LogP contribution in [0.15, 0.2) is 30.6 Å². The average molecular weight is 132 g/mol. The van der Waals surface area contributed by atoms with E-state index in [-0.39, 0.29) is 0 Å². The van der Waals surface area contributed by atoms with Crippen molar-refractivity contribution in [3.63, 3.8) is 0 Å². The van der Waals surface area contributed by atoms with Gasteiger partial charge in [-0.3, -0.25) is 4.98 Å². The monoisotopic (exact) mass is 132 g/mol. The van der Waals surface area contributed by atoms with Crippen LogP contribution in [-0.2, 0) is 4.79 Å². The number of aromatic nitrogens is 1. The summed E-state index contributed by atoms with van der Waals surface area (Å²) in [6.07, 6.45) is 7.98. The SMILES string of the molecule is O=[C+]/C=C/c1cccnc1. The molecule has 0 atom stereocenters. The third kappa shape index (κ3) is 1.77. The van der Waals surface area contributed by atoms with Crippen molar-refractivity contribution in [1.82, 2.24) is 4.98 Å². The maximum atomic E-state index is 9.75. The Morgan fingerprint density at radius 2 is 2.50 bits per heavy atom. The van der Waals surface area contributed by atoms with Crippen LogP contribution in [0.1, 0.15) is 5.56 Å². The number of rotatable bonds is 2. The van der Waals surface area contributed by atoms with Crippen LogP contribution in [0.5, 0.6) is 0 Å². The average Bonchev–Trinajstić information content (AvgIpc) is 2.03. The van der Waals surface area contributed by atoms with Crippen molar-refractivity contribution >= 4 is 12.4 Å². The van der Waals surface area contributed by atoms with E-state index in [1.165, 1.54) is 6.08 Å². The predicted octanol–water partition coefficient (Wildman–Crippen LogP) is 1.20. The van der Waals surface area contributed by atoms with E-state index in [9.17, 15) is 4.79 Å². The van der Waals surface area contributed by atoms with Crippen molar-refractivity contribution in [3.05, 3.63) is 36.2 Å². The minimum absolute atomic E-state index is 0.908. The minimum atomic E-state index is 0.908. The topological polar surface area (TPSA) is 30.0 Å². The molecule has 1 heterocycles. The van der Waals surface area contributed by atoms with E-state index in [2.05, 4.69) is 4.98 Å². The van der Waals surface area contributed by atoms with Gasteiger partial charge in [0, 0.05) is 6.20 Å². The van der Waals surface area contributed by atoms with E-state index in [1.54, 1.807) is 24.8 Å². The number of allylic oxidation sites excluding steroid dienone is 1. The van der Waals surface area contributed by atoms with Gasteiger partial charge in [-0.2, -0.15) is 0 Å².